The van der Waals surface area contributed by atoms with Crippen LogP contribution in [0.2, 0.25) is 0 Å². The van der Waals surface area contributed by atoms with E-state index in [9.17, 15) is 0 Å². The fourth-order valence-corrected chi connectivity index (χ4v) is 2.68. The SMILES string of the molecule is N#Cc1ncccc1Cn1ccc2cccc(CCN)c21. The number of aromatic nitrogens is 2. The van der Waals surface area contributed by atoms with Gasteiger partial charge in [-0.15, -0.1) is 0 Å². The lowest BCUT2D eigenvalue weighted by atomic mass is 10.1. The van der Waals surface area contributed by atoms with Gasteiger partial charge in [-0.1, -0.05) is 24.3 Å². The first-order valence-corrected chi connectivity index (χ1v) is 6.94. The van der Waals surface area contributed by atoms with E-state index in [4.69, 9.17) is 11.0 Å². The zero-order valence-corrected chi connectivity index (χ0v) is 11.7. The number of fused-ring (bicyclic) bond motifs is 1. The highest BCUT2D eigenvalue weighted by molar-refractivity contribution is 5.83. The van der Waals surface area contributed by atoms with Crippen LogP contribution in [0, 0.1) is 11.3 Å². The van der Waals surface area contributed by atoms with Crippen LogP contribution in [-0.2, 0) is 13.0 Å². The second-order valence-corrected chi connectivity index (χ2v) is 4.96. The number of nitrogens with two attached hydrogens (primary N) is 1. The van der Waals surface area contributed by atoms with Crippen molar-refractivity contribution in [1.82, 2.24) is 9.55 Å². The first kappa shape index (κ1) is 13.3. The Hall–Kier alpha value is -2.64. The average molecular weight is 276 g/mol. The molecule has 0 aliphatic carbocycles. The molecule has 3 aromatic rings. The highest BCUT2D eigenvalue weighted by atomic mass is 15.0. The number of pyridine rings is 1. The molecule has 2 aromatic heterocycles. The van der Waals surface area contributed by atoms with Crippen LogP contribution in [0.3, 0.4) is 0 Å². The van der Waals surface area contributed by atoms with E-state index in [1.54, 1.807) is 6.20 Å². The van der Waals surface area contributed by atoms with Gasteiger partial charge in [-0.05, 0) is 36.0 Å². The molecule has 0 aliphatic heterocycles. The van der Waals surface area contributed by atoms with Gasteiger partial charge >= 0.3 is 0 Å². The van der Waals surface area contributed by atoms with E-state index in [1.807, 2.05) is 12.1 Å². The Kier molecular flexibility index (Phi) is 3.67. The van der Waals surface area contributed by atoms with Crippen molar-refractivity contribution in [2.24, 2.45) is 5.73 Å². The minimum atomic E-state index is 0.482. The molecule has 4 nitrogen and oxygen atoms in total. The highest BCUT2D eigenvalue weighted by Crippen LogP contribution is 2.22. The van der Waals surface area contributed by atoms with Crippen molar-refractivity contribution < 1.29 is 0 Å². The maximum Gasteiger partial charge on any atom is 0.145 e. The Morgan fingerprint density at radius 2 is 2.00 bits per heavy atom. The van der Waals surface area contributed by atoms with E-state index in [2.05, 4.69) is 46.1 Å². The summed E-state index contributed by atoms with van der Waals surface area (Å²) in [7, 11) is 0. The molecular weight excluding hydrogens is 260 g/mol. The number of para-hydroxylation sites is 1. The molecule has 4 heteroatoms. The third kappa shape index (κ3) is 2.51. The summed E-state index contributed by atoms with van der Waals surface area (Å²) in [6.07, 6.45) is 4.55. The van der Waals surface area contributed by atoms with E-state index >= 15 is 0 Å². The molecule has 21 heavy (non-hydrogen) atoms. The summed E-state index contributed by atoms with van der Waals surface area (Å²) in [4.78, 5) is 4.12. The van der Waals surface area contributed by atoms with Gasteiger partial charge in [-0.2, -0.15) is 5.26 Å². The predicted octanol–water partition coefficient (Wildman–Crippen LogP) is 2.46. The van der Waals surface area contributed by atoms with Crippen molar-refractivity contribution in [3.8, 4) is 6.07 Å². The summed E-state index contributed by atoms with van der Waals surface area (Å²) in [5, 5.41) is 10.4. The van der Waals surface area contributed by atoms with Crippen molar-refractivity contribution in [2.75, 3.05) is 6.54 Å². The molecule has 0 aliphatic rings. The summed E-state index contributed by atoms with van der Waals surface area (Å²) in [5.74, 6) is 0. The molecule has 0 spiro atoms. The molecule has 0 amide bonds. The first-order valence-electron chi connectivity index (χ1n) is 6.94. The number of rotatable bonds is 4. The number of benzene rings is 1. The van der Waals surface area contributed by atoms with E-state index in [1.165, 1.54) is 16.5 Å². The monoisotopic (exact) mass is 276 g/mol. The van der Waals surface area contributed by atoms with Crippen LogP contribution in [-0.4, -0.2) is 16.1 Å². The van der Waals surface area contributed by atoms with E-state index in [0.29, 0.717) is 18.8 Å². The van der Waals surface area contributed by atoms with Crippen LogP contribution in [0.1, 0.15) is 16.8 Å². The number of nitrogens with zero attached hydrogens (tertiary/aromatic N) is 3. The largest absolute Gasteiger partial charge is 0.343 e. The molecule has 0 saturated carbocycles. The molecule has 2 heterocycles. The van der Waals surface area contributed by atoms with Gasteiger partial charge in [0.05, 0.1) is 12.1 Å². The Balaban J connectivity index is 2.07. The van der Waals surface area contributed by atoms with Crippen molar-refractivity contribution in [3.63, 3.8) is 0 Å². The zero-order chi connectivity index (χ0) is 14.7. The van der Waals surface area contributed by atoms with Gasteiger partial charge in [0.25, 0.3) is 0 Å². The molecule has 104 valence electrons. The maximum absolute atomic E-state index is 9.16. The molecular formula is C17H16N4. The third-order valence-corrected chi connectivity index (χ3v) is 3.62. The van der Waals surface area contributed by atoms with Gasteiger partial charge in [0.1, 0.15) is 11.8 Å². The van der Waals surface area contributed by atoms with Crippen molar-refractivity contribution in [3.05, 3.63) is 65.6 Å². The lowest BCUT2D eigenvalue weighted by molar-refractivity contribution is 0.820. The molecule has 2 N–H and O–H groups in total. The van der Waals surface area contributed by atoms with Crippen LogP contribution in [0.15, 0.2) is 48.8 Å². The molecule has 0 bridgehead atoms. The standard InChI is InChI=1S/C17H16N4/c18-8-6-13-3-1-4-14-7-10-21(17(13)14)12-15-5-2-9-20-16(15)11-19/h1-5,7,9-10H,6,8,12,18H2. The lowest BCUT2D eigenvalue weighted by Crippen LogP contribution is -2.06. The summed E-state index contributed by atoms with van der Waals surface area (Å²) >= 11 is 0. The molecule has 0 atom stereocenters. The van der Waals surface area contributed by atoms with Gasteiger partial charge in [0, 0.05) is 18.0 Å². The second-order valence-electron chi connectivity index (χ2n) is 4.96. The normalized spacial score (nSPS) is 10.7. The van der Waals surface area contributed by atoms with Crippen LogP contribution < -0.4 is 5.73 Å². The number of nitriles is 1. The van der Waals surface area contributed by atoms with Crippen molar-refractivity contribution >= 4 is 10.9 Å². The fraction of sp³-hybridized carbons (Fsp3) is 0.176. The van der Waals surface area contributed by atoms with Gasteiger partial charge in [-0.3, -0.25) is 0 Å². The number of hydrogen-bond donors (Lipinski definition) is 1. The Bertz CT molecular complexity index is 811. The minimum Gasteiger partial charge on any atom is -0.343 e. The highest BCUT2D eigenvalue weighted by Gasteiger charge is 2.09. The van der Waals surface area contributed by atoms with E-state index < -0.39 is 0 Å². The lowest BCUT2D eigenvalue weighted by Gasteiger charge is -2.10. The molecule has 3 rings (SSSR count). The first-order chi connectivity index (χ1) is 10.3. The van der Waals surface area contributed by atoms with Gasteiger partial charge in [-0.25, -0.2) is 4.98 Å². The summed E-state index contributed by atoms with van der Waals surface area (Å²) in [6.45, 7) is 1.27. The molecule has 0 saturated heterocycles. The van der Waals surface area contributed by atoms with Crippen molar-refractivity contribution in [2.45, 2.75) is 13.0 Å². The molecule has 1 aromatic carbocycles. The quantitative estimate of drug-likeness (QED) is 0.796. The smallest absolute Gasteiger partial charge is 0.145 e. The zero-order valence-electron chi connectivity index (χ0n) is 11.7. The van der Waals surface area contributed by atoms with Crippen LogP contribution >= 0.6 is 0 Å². The van der Waals surface area contributed by atoms with Crippen molar-refractivity contribution in [1.29, 1.82) is 5.26 Å². The van der Waals surface area contributed by atoms with Gasteiger partial charge < -0.3 is 10.3 Å². The van der Waals surface area contributed by atoms with Gasteiger partial charge in [0.15, 0.2) is 0 Å². The summed E-state index contributed by atoms with van der Waals surface area (Å²) in [6, 6.07) is 14.3. The fourth-order valence-electron chi connectivity index (χ4n) is 2.68. The Labute approximate surface area is 123 Å². The average Bonchev–Trinajstić information content (AvgIpc) is 2.92. The maximum atomic E-state index is 9.16. The minimum absolute atomic E-state index is 0.482. The second kappa shape index (κ2) is 5.78. The summed E-state index contributed by atoms with van der Waals surface area (Å²) < 4.78 is 2.16. The van der Waals surface area contributed by atoms with Gasteiger partial charge in [0.2, 0.25) is 0 Å². The number of hydrogen-bond acceptors (Lipinski definition) is 3. The van der Waals surface area contributed by atoms with E-state index in [-0.39, 0.29) is 0 Å². The summed E-state index contributed by atoms with van der Waals surface area (Å²) in [5.41, 5.74) is 9.55. The Morgan fingerprint density at radius 1 is 1.14 bits per heavy atom. The topological polar surface area (TPSA) is 67.6 Å². The molecule has 0 fully saturated rings. The molecule has 0 unspecified atom stereocenters. The van der Waals surface area contributed by atoms with Crippen LogP contribution in [0.5, 0.6) is 0 Å². The van der Waals surface area contributed by atoms with Crippen LogP contribution in [0.4, 0.5) is 0 Å². The van der Waals surface area contributed by atoms with E-state index in [0.717, 1.165) is 12.0 Å². The third-order valence-electron chi connectivity index (χ3n) is 3.62. The Morgan fingerprint density at radius 3 is 2.81 bits per heavy atom. The molecule has 0 radical (unpaired) electrons. The van der Waals surface area contributed by atoms with Crippen LogP contribution in [0.25, 0.3) is 10.9 Å². The predicted molar refractivity (Wildman–Crippen MR) is 82.8 cm³/mol.